The molecule has 118 valence electrons. The first kappa shape index (κ1) is 14.7. The van der Waals surface area contributed by atoms with Gasteiger partial charge in [0.05, 0.1) is 0 Å². The van der Waals surface area contributed by atoms with Gasteiger partial charge >= 0.3 is 12.0 Å². The highest BCUT2D eigenvalue weighted by Gasteiger charge is 2.66. The SMILES string of the molecule is Cc1cnc(CCNC(=O)N2CCC[C@@H]3C[C@@]32C(=O)O)nc1. The largest absolute Gasteiger partial charge is 0.479 e. The molecule has 1 saturated carbocycles. The van der Waals surface area contributed by atoms with Crippen molar-refractivity contribution in [1.29, 1.82) is 0 Å². The highest BCUT2D eigenvalue weighted by Crippen LogP contribution is 2.54. The van der Waals surface area contributed by atoms with Crippen molar-refractivity contribution in [3.63, 3.8) is 0 Å². The molecule has 2 fully saturated rings. The van der Waals surface area contributed by atoms with Crippen LogP contribution in [0.15, 0.2) is 12.4 Å². The molecule has 1 aliphatic heterocycles. The zero-order valence-electron chi connectivity index (χ0n) is 12.6. The first-order valence-corrected chi connectivity index (χ1v) is 7.60. The van der Waals surface area contributed by atoms with Gasteiger partial charge < -0.3 is 15.3 Å². The predicted molar refractivity (Wildman–Crippen MR) is 78.3 cm³/mol. The molecule has 1 aliphatic carbocycles. The quantitative estimate of drug-likeness (QED) is 0.864. The van der Waals surface area contributed by atoms with Gasteiger partial charge in [0.15, 0.2) is 0 Å². The third-order valence-corrected chi connectivity index (χ3v) is 4.56. The second kappa shape index (κ2) is 5.55. The number of nitrogens with one attached hydrogen (secondary N) is 1. The molecule has 7 nitrogen and oxygen atoms in total. The number of hydrogen-bond donors (Lipinski definition) is 2. The van der Waals surface area contributed by atoms with E-state index in [-0.39, 0.29) is 11.9 Å². The maximum Gasteiger partial charge on any atom is 0.329 e. The van der Waals surface area contributed by atoms with Gasteiger partial charge in [-0.05, 0) is 37.7 Å². The fraction of sp³-hybridized carbons (Fsp3) is 0.600. The lowest BCUT2D eigenvalue weighted by molar-refractivity contribution is -0.145. The summed E-state index contributed by atoms with van der Waals surface area (Å²) in [6, 6.07) is -0.295. The molecule has 2 atom stereocenters. The molecule has 2 N–H and O–H groups in total. The van der Waals surface area contributed by atoms with Crippen LogP contribution in [-0.2, 0) is 11.2 Å². The van der Waals surface area contributed by atoms with Crippen molar-refractivity contribution in [3.8, 4) is 0 Å². The molecule has 2 heterocycles. The van der Waals surface area contributed by atoms with Crippen molar-refractivity contribution in [2.75, 3.05) is 13.1 Å². The van der Waals surface area contributed by atoms with Crippen LogP contribution >= 0.6 is 0 Å². The normalized spacial score (nSPS) is 26.2. The van der Waals surface area contributed by atoms with Gasteiger partial charge in [0, 0.05) is 31.9 Å². The summed E-state index contributed by atoms with van der Waals surface area (Å²) in [7, 11) is 0. The lowest BCUT2D eigenvalue weighted by Crippen LogP contribution is -2.54. The molecular formula is C15H20N4O3. The summed E-state index contributed by atoms with van der Waals surface area (Å²) in [5.74, 6) is -0.0964. The van der Waals surface area contributed by atoms with E-state index in [2.05, 4.69) is 15.3 Å². The first-order valence-electron chi connectivity index (χ1n) is 7.60. The van der Waals surface area contributed by atoms with Crippen LogP contribution in [0.3, 0.4) is 0 Å². The Bertz CT molecular complexity index is 589. The molecule has 22 heavy (non-hydrogen) atoms. The summed E-state index contributed by atoms with van der Waals surface area (Å²) in [6.45, 7) is 2.83. The number of carboxylic acids is 1. The third kappa shape index (κ3) is 2.51. The van der Waals surface area contributed by atoms with E-state index in [0.717, 1.165) is 18.4 Å². The number of likely N-dealkylation sites (tertiary alicyclic amines) is 1. The highest BCUT2D eigenvalue weighted by molar-refractivity contribution is 5.90. The van der Waals surface area contributed by atoms with E-state index >= 15 is 0 Å². The molecule has 0 aromatic carbocycles. The maximum atomic E-state index is 12.3. The van der Waals surface area contributed by atoms with Crippen LogP contribution in [-0.4, -0.2) is 50.6 Å². The van der Waals surface area contributed by atoms with Crippen molar-refractivity contribution in [1.82, 2.24) is 20.2 Å². The molecule has 1 saturated heterocycles. The third-order valence-electron chi connectivity index (χ3n) is 4.56. The van der Waals surface area contributed by atoms with E-state index in [9.17, 15) is 14.7 Å². The van der Waals surface area contributed by atoms with Gasteiger partial charge in [-0.3, -0.25) is 0 Å². The number of carbonyl (C=O) groups is 2. The molecule has 0 bridgehead atoms. The van der Waals surface area contributed by atoms with Crippen LogP contribution < -0.4 is 5.32 Å². The first-order chi connectivity index (χ1) is 10.5. The number of aromatic nitrogens is 2. The van der Waals surface area contributed by atoms with Gasteiger partial charge in [0.25, 0.3) is 0 Å². The second-order valence-corrected chi connectivity index (χ2v) is 6.08. The number of hydrogen-bond acceptors (Lipinski definition) is 4. The van der Waals surface area contributed by atoms with Crippen molar-refractivity contribution >= 4 is 12.0 Å². The standard InChI is InChI=1S/C15H20N4O3/c1-10-8-17-12(18-9-10)4-5-16-14(22)19-6-2-3-11-7-15(11,19)13(20)21/h8-9,11H,2-7H2,1H3,(H,16,22)(H,20,21)/t11-,15+/m1/s1. The minimum absolute atomic E-state index is 0.116. The number of carboxylic acid groups (broad SMARTS) is 1. The second-order valence-electron chi connectivity index (χ2n) is 6.08. The molecule has 7 heteroatoms. The van der Waals surface area contributed by atoms with Crippen molar-refractivity contribution in [3.05, 3.63) is 23.8 Å². The van der Waals surface area contributed by atoms with Crippen molar-refractivity contribution in [2.45, 2.75) is 38.1 Å². The number of nitrogens with zero attached hydrogens (tertiary/aromatic N) is 3. The van der Waals surface area contributed by atoms with Crippen LogP contribution in [0, 0.1) is 12.8 Å². The Balaban J connectivity index is 1.55. The van der Waals surface area contributed by atoms with Gasteiger partial charge in [0.1, 0.15) is 11.4 Å². The number of carbonyl (C=O) groups excluding carboxylic acids is 1. The van der Waals surface area contributed by atoms with Gasteiger partial charge in [-0.25, -0.2) is 19.6 Å². The summed E-state index contributed by atoms with van der Waals surface area (Å²) >= 11 is 0. The Morgan fingerprint density at radius 1 is 1.45 bits per heavy atom. The Hall–Kier alpha value is -2.18. The van der Waals surface area contributed by atoms with E-state index in [1.54, 1.807) is 12.4 Å². The molecule has 2 amide bonds. The van der Waals surface area contributed by atoms with E-state index in [1.807, 2.05) is 6.92 Å². The summed E-state index contributed by atoms with van der Waals surface area (Å²) in [5, 5.41) is 12.2. The fourth-order valence-corrected chi connectivity index (χ4v) is 3.27. The molecule has 1 aromatic rings. The highest BCUT2D eigenvalue weighted by atomic mass is 16.4. The molecule has 0 spiro atoms. The van der Waals surface area contributed by atoms with E-state index in [1.165, 1.54) is 4.90 Å². The molecule has 0 unspecified atom stereocenters. The fourth-order valence-electron chi connectivity index (χ4n) is 3.27. The Morgan fingerprint density at radius 3 is 2.86 bits per heavy atom. The van der Waals surface area contributed by atoms with E-state index < -0.39 is 11.5 Å². The van der Waals surface area contributed by atoms with Crippen LogP contribution in [0.1, 0.15) is 30.7 Å². The van der Waals surface area contributed by atoms with Gasteiger partial charge in [0.2, 0.25) is 0 Å². The van der Waals surface area contributed by atoms with Gasteiger partial charge in [-0.1, -0.05) is 0 Å². The molecular weight excluding hydrogens is 284 g/mol. The number of aliphatic carboxylic acids is 1. The lowest BCUT2D eigenvalue weighted by Gasteiger charge is -2.33. The Labute approximate surface area is 128 Å². The van der Waals surface area contributed by atoms with Crippen LogP contribution in [0.2, 0.25) is 0 Å². The Kier molecular flexibility index (Phi) is 3.72. The van der Waals surface area contributed by atoms with Gasteiger partial charge in [-0.2, -0.15) is 0 Å². The van der Waals surface area contributed by atoms with Gasteiger partial charge in [-0.15, -0.1) is 0 Å². The zero-order chi connectivity index (χ0) is 15.7. The summed E-state index contributed by atoms with van der Waals surface area (Å²) < 4.78 is 0. The maximum absolute atomic E-state index is 12.3. The topological polar surface area (TPSA) is 95.4 Å². The van der Waals surface area contributed by atoms with Crippen LogP contribution in [0.5, 0.6) is 0 Å². The van der Waals surface area contributed by atoms with E-state index in [4.69, 9.17) is 0 Å². The van der Waals surface area contributed by atoms with Crippen molar-refractivity contribution < 1.29 is 14.7 Å². The van der Waals surface area contributed by atoms with E-state index in [0.29, 0.717) is 31.8 Å². The number of urea groups is 1. The summed E-state index contributed by atoms with van der Waals surface area (Å²) in [5.41, 5.74) is 0.0344. The summed E-state index contributed by atoms with van der Waals surface area (Å²) in [4.78, 5) is 33.7. The molecule has 3 rings (SSSR count). The Morgan fingerprint density at radius 2 is 2.18 bits per heavy atom. The predicted octanol–water partition coefficient (Wildman–Crippen LogP) is 0.976. The number of rotatable bonds is 4. The monoisotopic (exact) mass is 304 g/mol. The minimum atomic E-state index is -0.956. The zero-order valence-corrected chi connectivity index (χ0v) is 12.6. The van der Waals surface area contributed by atoms with Crippen molar-refractivity contribution in [2.24, 2.45) is 5.92 Å². The lowest BCUT2D eigenvalue weighted by atomic mass is 10.0. The summed E-state index contributed by atoms with van der Waals surface area (Å²) in [6.07, 6.45) is 6.35. The number of amides is 2. The average molecular weight is 304 g/mol. The minimum Gasteiger partial charge on any atom is -0.479 e. The van der Waals surface area contributed by atoms with Crippen LogP contribution in [0.25, 0.3) is 0 Å². The average Bonchev–Trinajstić information content (AvgIpc) is 3.25. The molecule has 2 aliphatic rings. The molecule has 1 aromatic heterocycles. The van der Waals surface area contributed by atoms with Crippen LogP contribution in [0.4, 0.5) is 4.79 Å². The molecule has 0 radical (unpaired) electrons. The number of piperidine rings is 1. The smallest absolute Gasteiger partial charge is 0.329 e. The number of fused-ring (bicyclic) bond motifs is 1. The number of aryl methyl sites for hydroxylation is 1.